The minimum absolute atomic E-state index is 0.433. The van der Waals surface area contributed by atoms with Gasteiger partial charge in [0.1, 0.15) is 5.01 Å². The molecule has 0 saturated carbocycles. The summed E-state index contributed by atoms with van der Waals surface area (Å²) in [5.74, 6) is 0.767. The minimum Gasteiger partial charge on any atom is -0.324 e. The summed E-state index contributed by atoms with van der Waals surface area (Å²) < 4.78 is 1.76. The zero-order valence-electron chi connectivity index (χ0n) is 10.00. The highest BCUT2D eigenvalue weighted by molar-refractivity contribution is 7.16. The third kappa shape index (κ3) is 1.79. The lowest BCUT2D eigenvalue weighted by atomic mass is 10.1. The van der Waals surface area contributed by atoms with Crippen molar-refractivity contribution < 1.29 is 0 Å². The van der Waals surface area contributed by atoms with Crippen LogP contribution in [-0.4, -0.2) is 19.8 Å². The lowest BCUT2D eigenvalue weighted by Gasteiger charge is -1.99. The van der Waals surface area contributed by atoms with Crippen molar-refractivity contribution in [1.82, 2.24) is 19.8 Å². The van der Waals surface area contributed by atoms with E-state index in [-0.39, 0.29) is 0 Å². The standard InChI is InChI=1S/C12H13N5S/c1-2-8-3-5-9(6-4-8)11-14-15-12-17(11)16-10(7-13)18-12/h3-6H,2,7,13H2,1H3. The van der Waals surface area contributed by atoms with Gasteiger partial charge >= 0.3 is 0 Å². The van der Waals surface area contributed by atoms with Crippen LogP contribution in [0, 0.1) is 0 Å². The van der Waals surface area contributed by atoms with Gasteiger partial charge in [0, 0.05) is 12.1 Å². The van der Waals surface area contributed by atoms with E-state index in [1.54, 1.807) is 4.52 Å². The summed E-state index contributed by atoms with van der Waals surface area (Å²) in [6, 6.07) is 8.31. The molecule has 3 aromatic rings. The van der Waals surface area contributed by atoms with Gasteiger partial charge in [-0.15, -0.1) is 10.2 Å². The molecule has 2 aromatic heterocycles. The summed E-state index contributed by atoms with van der Waals surface area (Å²) in [5.41, 5.74) is 7.91. The third-order valence-corrected chi connectivity index (χ3v) is 3.75. The number of aromatic nitrogens is 4. The minimum atomic E-state index is 0.433. The van der Waals surface area contributed by atoms with Crippen LogP contribution in [0.5, 0.6) is 0 Å². The third-order valence-electron chi connectivity index (χ3n) is 2.83. The number of aryl methyl sites for hydroxylation is 1. The van der Waals surface area contributed by atoms with Crippen LogP contribution in [0.3, 0.4) is 0 Å². The summed E-state index contributed by atoms with van der Waals surface area (Å²) in [4.78, 5) is 0.782. The molecule has 5 nitrogen and oxygen atoms in total. The molecule has 3 rings (SSSR count). The zero-order chi connectivity index (χ0) is 12.5. The molecule has 92 valence electrons. The van der Waals surface area contributed by atoms with Gasteiger partial charge in [-0.25, -0.2) is 0 Å². The summed E-state index contributed by atoms with van der Waals surface area (Å²) in [6.07, 6.45) is 1.03. The van der Waals surface area contributed by atoms with Crippen LogP contribution in [0.15, 0.2) is 24.3 Å². The van der Waals surface area contributed by atoms with E-state index in [1.165, 1.54) is 16.9 Å². The topological polar surface area (TPSA) is 69.1 Å². The second-order valence-electron chi connectivity index (χ2n) is 3.97. The van der Waals surface area contributed by atoms with Crippen molar-refractivity contribution in [1.29, 1.82) is 0 Å². The van der Waals surface area contributed by atoms with E-state index >= 15 is 0 Å². The summed E-state index contributed by atoms with van der Waals surface area (Å²) in [6.45, 7) is 2.57. The first kappa shape index (κ1) is 11.3. The van der Waals surface area contributed by atoms with Gasteiger partial charge in [-0.05, 0) is 12.0 Å². The van der Waals surface area contributed by atoms with Crippen LogP contribution < -0.4 is 5.73 Å². The van der Waals surface area contributed by atoms with Crippen LogP contribution in [0.25, 0.3) is 16.3 Å². The quantitative estimate of drug-likeness (QED) is 0.779. The summed E-state index contributed by atoms with van der Waals surface area (Å²) in [7, 11) is 0. The molecule has 2 N–H and O–H groups in total. The first-order valence-corrected chi connectivity index (χ1v) is 6.64. The van der Waals surface area contributed by atoms with Crippen molar-refractivity contribution in [2.75, 3.05) is 0 Å². The maximum Gasteiger partial charge on any atom is 0.235 e. The van der Waals surface area contributed by atoms with Crippen LogP contribution in [0.2, 0.25) is 0 Å². The molecule has 0 spiro atoms. The Balaban J connectivity index is 2.09. The molecular weight excluding hydrogens is 246 g/mol. The van der Waals surface area contributed by atoms with E-state index in [1.807, 2.05) is 0 Å². The predicted octanol–water partition coefficient (Wildman–Crippen LogP) is 1.87. The Bertz CT molecular complexity index is 667. The van der Waals surface area contributed by atoms with Crippen LogP contribution >= 0.6 is 11.3 Å². The first-order valence-electron chi connectivity index (χ1n) is 5.82. The molecule has 0 unspecified atom stereocenters. The average Bonchev–Trinajstić information content (AvgIpc) is 2.98. The number of hydrogen-bond donors (Lipinski definition) is 1. The Morgan fingerprint density at radius 3 is 2.67 bits per heavy atom. The first-order chi connectivity index (χ1) is 8.81. The van der Waals surface area contributed by atoms with Crippen molar-refractivity contribution in [2.24, 2.45) is 5.73 Å². The van der Waals surface area contributed by atoms with Gasteiger partial charge in [0.2, 0.25) is 4.96 Å². The molecule has 0 atom stereocenters. The smallest absolute Gasteiger partial charge is 0.235 e. The van der Waals surface area contributed by atoms with Gasteiger partial charge in [-0.2, -0.15) is 9.61 Å². The van der Waals surface area contributed by atoms with Crippen molar-refractivity contribution >= 4 is 16.3 Å². The van der Waals surface area contributed by atoms with Crippen molar-refractivity contribution in [3.05, 3.63) is 34.8 Å². The molecule has 0 fully saturated rings. The Hall–Kier alpha value is -1.79. The average molecular weight is 259 g/mol. The number of hydrogen-bond acceptors (Lipinski definition) is 5. The van der Waals surface area contributed by atoms with E-state index in [0.717, 1.165) is 27.8 Å². The van der Waals surface area contributed by atoms with Gasteiger partial charge in [0.25, 0.3) is 0 Å². The lowest BCUT2D eigenvalue weighted by molar-refractivity contribution is 0.894. The molecular formula is C12H13N5S. The molecule has 1 aromatic carbocycles. The molecule has 18 heavy (non-hydrogen) atoms. The molecule has 0 aliphatic heterocycles. The van der Waals surface area contributed by atoms with E-state index in [4.69, 9.17) is 5.73 Å². The fourth-order valence-electron chi connectivity index (χ4n) is 1.81. The Morgan fingerprint density at radius 1 is 1.22 bits per heavy atom. The SMILES string of the molecule is CCc1ccc(-c2nnc3sc(CN)nn23)cc1. The lowest BCUT2D eigenvalue weighted by Crippen LogP contribution is -1.97. The Labute approximate surface area is 108 Å². The summed E-state index contributed by atoms with van der Waals surface area (Å²) in [5, 5.41) is 13.6. The molecule has 0 amide bonds. The number of rotatable bonds is 3. The predicted molar refractivity (Wildman–Crippen MR) is 71.4 cm³/mol. The summed E-state index contributed by atoms with van der Waals surface area (Å²) >= 11 is 1.47. The Kier molecular flexibility index (Phi) is 2.81. The fraction of sp³-hybridized carbons (Fsp3) is 0.250. The Morgan fingerprint density at radius 2 is 2.00 bits per heavy atom. The monoisotopic (exact) mass is 259 g/mol. The van der Waals surface area contributed by atoms with E-state index in [0.29, 0.717) is 6.54 Å². The normalized spacial score (nSPS) is 11.2. The molecule has 6 heteroatoms. The molecule has 0 aliphatic rings. The molecule has 0 saturated heterocycles. The van der Waals surface area contributed by atoms with Gasteiger partial charge in [-0.3, -0.25) is 0 Å². The van der Waals surface area contributed by atoms with Crippen LogP contribution in [0.4, 0.5) is 0 Å². The van der Waals surface area contributed by atoms with E-state index in [2.05, 4.69) is 46.5 Å². The van der Waals surface area contributed by atoms with Crippen molar-refractivity contribution in [2.45, 2.75) is 19.9 Å². The number of nitrogens with two attached hydrogens (primary N) is 1. The molecule has 0 aliphatic carbocycles. The van der Waals surface area contributed by atoms with Crippen LogP contribution in [-0.2, 0) is 13.0 Å². The maximum atomic E-state index is 5.59. The van der Waals surface area contributed by atoms with E-state index < -0.39 is 0 Å². The fourth-order valence-corrected chi connectivity index (χ4v) is 2.52. The zero-order valence-corrected chi connectivity index (χ0v) is 10.8. The maximum absolute atomic E-state index is 5.59. The highest BCUT2D eigenvalue weighted by Gasteiger charge is 2.12. The highest BCUT2D eigenvalue weighted by Crippen LogP contribution is 2.21. The number of nitrogens with zero attached hydrogens (tertiary/aromatic N) is 4. The van der Waals surface area contributed by atoms with Crippen molar-refractivity contribution in [3.8, 4) is 11.4 Å². The molecule has 0 radical (unpaired) electrons. The van der Waals surface area contributed by atoms with Crippen LogP contribution in [0.1, 0.15) is 17.5 Å². The van der Waals surface area contributed by atoms with Gasteiger partial charge < -0.3 is 5.73 Å². The van der Waals surface area contributed by atoms with Gasteiger partial charge in [0.05, 0.1) is 0 Å². The number of fused-ring (bicyclic) bond motifs is 1. The molecule has 2 heterocycles. The van der Waals surface area contributed by atoms with Crippen molar-refractivity contribution in [3.63, 3.8) is 0 Å². The second kappa shape index (κ2) is 4.47. The number of benzene rings is 1. The van der Waals surface area contributed by atoms with Gasteiger partial charge in [-0.1, -0.05) is 42.5 Å². The highest BCUT2D eigenvalue weighted by atomic mass is 32.1. The van der Waals surface area contributed by atoms with E-state index in [9.17, 15) is 0 Å². The second-order valence-corrected chi connectivity index (χ2v) is 5.01. The largest absolute Gasteiger partial charge is 0.324 e. The molecule has 0 bridgehead atoms. The van der Waals surface area contributed by atoms with Gasteiger partial charge in [0.15, 0.2) is 5.82 Å².